The van der Waals surface area contributed by atoms with E-state index in [1.165, 1.54) is 24.3 Å². The predicted octanol–water partition coefficient (Wildman–Crippen LogP) is 5.08. The van der Waals surface area contributed by atoms with Crippen LogP contribution in [-0.2, 0) is 10.5 Å². The molecule has 0 aromatic heterocycles. The molecule has 2 aromatic rings. The average Bonchev–Trinajstić information content (AvgIpc) is 3.51. The van der Waals surface area contributed by atoms with Crippen molar-refractivity contribution in [3.8, 4) is 11.2 Å². The van der Waals surface area contributed by atoms with Crippen molar-refractivity contribution in [1.29, 1.82) is 0 Å². The van der Waals surface area contributed by atoms with E-state index in [1.54, 1.807) is 6.07 Å². The molecule has 30 heavy (non-hydrogen) atoms. The summed E-state index contributed by atoms with van der Waals surface area (Å²) in [6, 6.07) is 9.10. The number of carbonyl (C=O) groups is 2. The molecule has 0 radical (unpaired) electrons. The number of nitrogens with zero attached hydrogens (tertiary/aromatic N) is 2. The summed E-state index contributed by atoms with van der Waals surface area (Å²) >= 11 is 14.9. The third kappa shape index (κ3) is 4.31. The van der Waals surface area contributed by atoms with E-state index in [9.17, 15) is 22.8 Å². The van der Waals surface area contributed by atoms with E-state index in [-0.39, 0.29) is 22.4 Å². The smallest absolute Gasteiger partial charge is 0.323 e. The van der Waals surface area contributed by atoms with Gasteiger partial charge in [-0.25, -0.2) is 0 Å². The van der Waals surface area contributed by atoms with Gasteiger partial charge in [0.2, 0.25) is 0 Å². The maximum absolute atomic E-state index is 13.1. The lowest BCUT2D eigenvalue weighted by Crippen LogP contribution is -2.30. The fraction of sp³-hybridized carbons (Fsp3) is 0.158. The first-order valence-electron chi connectivity index (χ1n) is 8.13. The van der Waals surface area contributed by atoms with Crippen molar-refractivity contribution in [3.63, 3.8) is 0 Å². The van der Waals surface area contributed by atoms with Crippen LogP contribution in [0.15, 0.2) is 52.7 Å². The van der Waals surface area contributed by atoms with Crippen LogP contribution in [0.25, 0.3) is 0 Å². The zero-order chi connectivity index (χ0) is 22.1. The number of ketones is 1. The Morgan fingerprint density at radius 1 is 1.10 bits per heavy atom. The second-order valence-corrected chi connectivity index (χ2v) is 7.38. The van der Waals surface area contributed by atoms with E-state index >= 15 is 0 Å². The van der Waals surface area contributed by atoms with Gasteiger partial charge in [0.05, 0.1) is 5.69 Å². The maximum Gasteiger partial charge on any atom is 0.442 e. The lowest BCUT2D eigenvalue weighted by molar-refractivity contribution is -0.166. The van der Waals surface area contributed by atoms with Crippen LogP contribution in [0.4, 0.5) is 18.9 Å². The van der Waals surface area contributed by atoms with Crippen LogP contribution in [0.5, 0.6) is 0 Å². The third-order valence-corrected chi connectivity index (χ3v) is 4.67. The lowest BCUT2D eigenvalue weighted by Gasteiger charge is -2.15. The van der Waals surface area contributed by atoms with Gasteiger partial charge in [-0.3, -0.25) is 9.59 Å². The van der Waals surface area contributed by atoms with Crippen molar-refractivity contribution in [2.24, 2.45) is 10.2 Å². The molecule has 3 rings (SSSR count). The Kier molecular flexibility index (Phi) is 6.13. The van der Waals surface area contributed by atoms with Crippen molar-refractivity contribution in [2.45, 2.75) is 16.7 Å². The highest BCUT2D eigenvalue weighted by Gasteiger charge is 2.65. The highest BCUT2D eigenvalue weighted by molar-refractivity contribution is 7.85. The molecule has 0 fully saturated rings. The summed E-state index contributed by atoms with van der Waals surface area (Å²) in [5.41, 5.74) is -2.11. The molecule has 1 amide bonds. The molecule has 5 nitrogen and oxygen atoms in total. The zero-order valence-corrected chi connectivity index (χ0v) is 17.1. The molecule has 0 aliphatic carbocycles. The summed E-state index contributed by atoms with van der Waals surface area (Å²) in [5.74, 6) is 1.34. The van der Waals surface area contributed by atoms with Gasteiger partial charge >= 0.3 is 11.8 Å². The van der Waals surface area contributed by atoms with Gasteiger partial charge in [-0.15, -0.1) is 10.2 Å². The number of carbonyl (C=O) groups excluding carboxylic acids is 2. The van der Waals surface area contributed by atoms with Crippen LogP contribution in [-0.4, -0.2) is 22.7 Å². The normalized spacial score (nSPS) is 14.1. The molecular formula is C19H10Cl2F3N3O2S. The number of benzene rings is 2. The Morgan fingerprint density at radius 3 is 2.23 bits per heavy atom. The van der Waals surface area contributed by atoms with Gasteiger partial charge in [0.1, 0.15) is 0 Å². The van der Waals surface area contributed by atoms with E-state index in [0.717, 1.165) is 12.1 Å². The summed E-state index contributed by atoms with van der Waals surface area (Å²) in [6.45, 7) is 0. The summed E-state index contributed by atoms with van der Waals surface area (Å²) in [4.78, 5) is 23.5. The lowest BCUT2D eigenvalue weighted by atomic mass is 9.96. The Hall–Kier alpha value is -2.54. The second-order valence-electron chi connectivity index (χ2n) is 6.06. The molecule has 0 spiro atoms. The Bertz CT molecular complexity index is 1100. The standard InChI is InChI=1S/C19H10Cl2F3N3O2S/c20-16(21)17(29)25-14-6-1-10(7-8-30)9-13(14)15(28)11-2-4-12(5-3-11)18(26-27-18)19(22,23)24/h1-6,9,16,30H,(H,25,29). The number of amides is 1. The minimum absolute atomic E-state index is 0.0463. The number of halogens is 5. The van der Waals surface area contributed by atoms with Crippen molar-refractivity contribution < 1.29 is 22.8 Å². The summed E-state index contributed by atoms with van der Waals surface area (Å²) < 4.78 is 39.4. The van der Waals surface area contributed by atoms with E-state index in [2.05, 4.69) is 39.3 Å². The molecule has 1 heterocycles. The van der Waals surface area contributed by atoms with Gasteiger partial charge in [-0.1, -0.05) is 66.0 Å². The van der Waals surface area contributed by atoms with Gasteiger partial charge in [-0.05, 0) is 23.5 Å². The quantitative estimate of drug-likeness (QED) is 0.276. The van der Waals surface area contributed by atoms with E-state index in [0.29, 0.717) is 5.56 Å². The van der Waals surface area contributed by atoms with Gasteiger partial charge < -0.3 is 5.32 Å². The molecule has 11 heteroatoms. The van der Waals surface area contributed by atoms with Crippen LogP contribution >= 0.6 is 35.8 Å². The highest BCUT2D eigenvalue weighted by Crippen LogP contribution is 2.52. The van der Waals surface area contributed by atoms with Gasteiger partial charge in [0, 0.05) is 22.3 Å². The number of rotatable bonds is 5. The minimum atomic E-state index is -4.67. The predicted molar refractivity (Wildman–Crippen MR) is 109 cm³/mol. The Morgan fingerprint density at radius 2 is 1.73 bits per heavy atom. The molecule has 2 aromatic carbocycles. The highest BCUT2D eigenvalue weighted by atomic mass is 35.5. The molecule has 0 bridgehead atoms. The first kappa shape index (κ1) is 22.2. The molecule has 0 saturated heterocycles. The van der Waals surface area contributed by atoms with E-state index in [4.69, 9.17) is 23.2 Å². The molecule has 1 aliphatic heterocycles. The molecular weight excluding hydrogens is 462 g/mol. The number of thiol groups is 1. The number of anilines is 1. The van der Waals surface area contributed by atoms with Crippen molar-refractivity contribution in [2.75, 3.05) is 5.32 Å². The van der Waals surface area contributed by atoms with Crippen LogP contribution in [0.1, 0.15) is 27.0 Å². The largest absolute Gasteiger partial charge is 0.442 e. The topological polar surface area (TPSA) is 70.9 Å². The molecule has 0 saturated carbocycles. The molecule has 1 aliphatic rings. The van der Waals surface area contributed by atoms with Gasteiger partial charge in [0.25, 0.3) is 5.91 Å². The molecule has 154 valence electrons. The van der Waals surface area contributed by atoms with Crippen LogP contribution in [0.3, 0.4) is 0 Å². The SMILES string of the molecule is O=C(c1ccc(C2(C(F)(F)F)N=N2)cc1)c1cc(C#CS)ccc1NC(=O)C(Cl)Cl. The second kappa shape index (κ2) is 8.30. The number of hydrogen-bond donors (Lipinski definition) is 2. The Balaban J connectivity index is 1.96. The molecule has 1 N–H and O–H groups in total. The van der Waals surface area contributed by atoms with Crippen LogP contribution < -0.4 is 5.32 Å². The molecule has 0 unspecified atom stereocenters. The van der Waals surface area contributed by atoms with Crippen LogP contribution in [0.2, 0.25) is 0 Å². The van der Waals surface area contributed by atoms with Crippen LogP contribution in [0, 0.1) is 11.2 Å². The van der Waals surface area contributed by atoms with E-state index in [1.807, 2.05) is 0 Å². The summed E-state index contributed by atoms with van der Waals surface area (Å²) in [6.07, 6.45) is -4.67. The zero-order valence-electron chi connectivity index (χ0n) is 14.7. The number of alkyl halides is 5. The summed E-state index contributed by atoms with van der Waals surface area (Å²) in [7, 11) is 0. The maximum atomic E-state index is 13.1. The monoisotopic (exact) mass is 471 g/mol. The third-order valence-electron chi connectivity index (χ3n) is 4.17. The first-order chi connectivity index (χ1) is 14.1. The van der Waals surface area contributed by atoms with E-state index < -0.39 is 28.4 Å². The fourth-order valence-electron chi connectivity index (χ4n) is 2.62. The van der Waals surface area contributed by atoms with Gasteiger partial charge in [0.15, 0.2) is 10.6 Å². The number of hydrogen-bond acceptors (Lipinski definition) is 5. The van der Waals surface area contributed by atoms with Gasteiger partial charge in [-0.2, -0.15) is 13.2 Å². The first-order valence-corrected chi connectivity index (χ1v) is 9.45. The minimum Gasteiger partial charge on any atom is -0.323 e. The Labute approximate surface area is 184 Å². The fourth-order valence-corrected chi connectivity index (χ4v) is 2.86. The summed E-state index contributed by atoms with van der Waals surface area (Å²) in [5, 5.41) is 11.1. The van der Waals surface area contributed by atoms with Crippen molar-refractivity contribution in [1.82, 2.24) is 0 Å². The van der Waals surface area contributed by atoms with Crippen molar-refractivity contribution >= 4 is 53.2 Å². The number of nitrogens with one attached hydrogen (secondary N) is 1. The van der Waals surface area contributed by atoms with Crippen molar-refractivity contribution in [3.05, 3.63) is 64.7 Å². The molecule has 0 atom stereocenters. The average molecular weight is 472 g/mol.